The Balaban J connectivity index is 1.54. The van der Waals surface area contributed by atoms with E-state index in [1.807, 2.05) is 6.20 Å². The lowest BCUT2D eigenvalue weighted by Gasteiger charge is -2.49. The third kappa shape index (κ3) is 2.53. The van der Waals surface area contributed by atoms with Gasteiger partial charge in [0.05, 0.1) is 7.11 Å². The van der Waals surface area contributed by atoms with Crippen LogP contribution >= 0.6 is 0 Å². The van der Waals surface area contributed by atoms with Gasteiger partial charge in [0.25, 0.3) is 0 Å². The highest BCUT2D eigenvalue weighted by molar-refractivity contribution is 5.88. The molecular formula is C19H25FN2O. The van der Waals surface area contributed by atoms with Crippen LogP contribution in [0.1, 0.15) is 36.8 Å². The first-order valence-corrected chi connectivity index (χ1v) is 8.60. The van der Waals surface area contributed by atoms with Gasteiger partial charge in [-0.25, -0.2) is 4.39 Å². The summed E-state index contributed by atoms with van der Waals surface area (Å²) in [4.78, 5) is 5.83. The minimum absolute atomic E-state index is 0.316. The van der Waals surface area contributed by atoms with Gasteiger partial charge in [-0.15, -0.1) is 0 Å². The SMILES string of the molecule is COc1cc(C)c2[nH]ccc2c1CN1CCC2(CC1)CC(F)C2. The van der Waals surface area contributed by atoms with Crippen molar-refractivity contribution in [3.05, 3.63) is 29.5 Å². The molecule has 0 unspecified atom stereocenters. The molecule has 1 aromatic heterocycles. The van der Waals surface area contributed by atoms with Gasteiger partial charge in [-0.1, -0.05) is 0 Å². The lowest BCUT2D eigenvalue weighted by molar-refractivity contribution is -0.0301. The van der Waals surface area contributed by atoms with Gasteiger partial charge in [0.2, 0.25) is 0 Å². The molecule has 23 heavy (non-hydrogen) atoms. The van der Waals surface area contributed by atoms with Crippen molar-refractivity contribution in [3.8, 4) is 5.75 Å². The minimum Gasteiger partial charge on any atom is -0.496 e. The van der Waals surface area contributed by atoms with Crippen LogP contribution < -0.4 is 4.74 Å². The second-order valence-electron chi connectivity index (χ2n) is 7.42. The molecule has 0 amide bonds. The Bertz CT molecular complexity index is 707. The molecule has 0 radical (unpaired) electrons. The second-order valence-corrected chi connectivity index (χ2v) is 7.42. The van der Waals surface area contributed by atoms with Crippen LogP contribution in [0.5, 0.6) is 5.75 Å². The van der Waals surface area contributed by atoms with Gasteiger partial charge >= 0.3 is 0 Å². The normalized spacial score (nSPS) is 21.7. The number of fused-ring (bicyclic) bond motifs is 1. The van der Waals surface area contributed by atoms with Crippen molar-refractivity contribution in [3.63, 3.8) is 0 Å². The molecule has 124 valence electrons. The van der Waals surface area contributed by atoms with Gasteiger partial charge in [-0.2, -0.15) is 0 Å². The van der Waals surface area contributed by atoms with Crippen molar-refractivity contribution in [1.82, 2.24) is 9.88 Å². The highest BCUT2D eigenvalue weighted by Crippen LogP contribution is 2.50. The van der Waals surface area contributed by atoms with Gasteiger partial charge in [0.15, 0.2) is 0 Å². The Labute approximate surface area is 136 Å². The maximum Gasteiger partial charge on any atom is 0.124 e. The number of benzene rings is 1. The first-order valence-electron chi connectivity index (χ1n) is 8.60. The number of alkyl halides is 1. The van der Waals surface area contributed by atoms with Gasteiger partial charge in [0, 0.05) is 29.2 Å². The summed E-state index contributed by atoms with van der Waals surface area (Å²) < 4.78 is 18.9. The number of piperidine rings is 1. The molecule has 2 aliphatic rings. The van der Waals surface area contributed by atoms with E-state index in [1.54, 1.807) is 7.11 Å². The van der Waals surface area contributed by atoms with Crippen LogP contribution in [0, 0.1) is 12.3 Å². The number of nitrogens with zero attached hydrogens (tertiary/aromatic N) is 1. The molecule has 4 heteroatoms. The van der Waals surface area contributed by atoms with Crippen LogP contribution in [-0.2, 0) is 6.54 Å². The Morgan fingerprint density at radius 1 is 1.35 bits per heavy atom. The summed E-state index contributed by atoms with van der Waals surface area (Å²) in [6.45, 7) is 5.15. The summed E-state index contributed by atoms with van der Waals surface area (Å²) in [5.74, 6) is 0.974. The van der Waals surface area contributed by atoms with E-state index in [0.717, 1.165) is 51.1 Å². The van der Waals surface area contributed by atoms with E-state index >= 15 is 0 Å². The number of aromatic nitrogens is 1. The van der Waals surface area contributed by atoms with Gasteiger partial charge < -0.3 is 9.72 Å². The minimum atomic E-state index is -0.543. The van der Waals surface area contributed by atoms with E-state index in [-0.39, 0.29) is 0 Å². The van der Waals surface area contributed by atoms with Gasteiger partial charge in [-0.05, 0) is 68.8 Å². The molecule has 1 saturated carbocycles. The van der Waals surface area contributed by atoms with Crippen LogP contribution in [0.2, 0.25) is 0 Å². The molecule has 0 atom stereocenters. The highest BCUT2D eigenvalue weighted by Gasteiger charge is 2.46. The van der Waals surface area contributed by atoms with Crippen LogP contribution in [0.3, 0.4) is 0 Å². The summed E-state index contributed by atoms with van der Waals surface area (Å²) in [6, 6.07) is 4.27. The van der Waals surface area contributed by atoms with Crippen LogP contribution in [0.4, 0.5) is 4.39 Å². The maximum atomic E-state index is 13.2. The molecule has 1 aliphatic carbocycles. The molecular weight excluding hydrogens is 291 g/mol. The number of H-pyrrole nitrogens is 1. The Hall–Kier alpha value is -1.55. The first-order chi connectivity index (χ1) is 11.1. The highest BCUT2D eigenvalue weighted by atomic mass is 19.1. The summed E-state index contributed by atoms with van der Waals surface area (Å²) >= 11 is 0. The Morgan fingerprint density at radius 2 is 2.09 bits per heavy atom. The molecule has 1 saturated heterocycles. The average Bonchev–Trinajstić information content (AvgIpc) is 3.00. The Morgan fingerprint density at radius 3 is 2.74 bits per heavy atom. The molecule has 3 nitrogen and oxygen atoms in total. The van der Waals surface area contributed by atoms with Gasteiger partial charge in [-0.3, -0.25) is 4.90 Å². The van der Waals surface area contributed by atoms with Crippen molar-refractivity contribution in [2.45, 2.75) is 45.3 Å². The smallest absolute Gasteiger partial charge is 0.124 e. The van der Waals surface area contributed by atoms with E-state index in [9.17, 15) is 4.39 Å². The zero-order valence-electron chi connectivity index (χ0n) is 14.0. The molecule has 2 aromatic rings. The van der Waals surface area contributed by atoms with E-state index in [4.69, 9.17) is 4.74 Å². The van der Waals surface area contributed by atoms with Crippen LogP contribution in [0.15, 0.2) is 18.3 Å². The predicted octanol–water partition coefficient (Wildman–Crippen LogP) is 4.20. The maximum absolute atomic E-state index is 13.2. The number of halogens is 1. The third-order valence-electron chi connectivity index (χ3n) is 5.94. The molecule has 2 heterocycles. The number of hydrogen-bond acceptors (Lipinski definition) is 2. The molecule has 4 rings (SSSR count). The largest absolute Gasteiger partial charge is 0.496 e. The molecule has 1 aliphatic heterocycles. The third-order valence-corrected chi connectivity index (χ3v) is 5.94. The van der Waals surface area contributed by atoms with E-state index in [0.29, 0.717) is 5.41 Å². The lowest BCUT2D eigenvalue weighted by atomic mass is 9.62. The van der Waals surface area contributed by atoms with Crippen molar-refractivity contribution in [2.24, 2.45) is 5.41 Å². The monoisotopic (exact) mass is 316 g/mol. The molecule has 1 spiro atoms. The molecule has 2 fully saturated rings. The number of nitrogens with one attached hydrogen (secondary N) is 1. The average molecular weight is 316 g/mol. The van der Waals surface area contributed by atoms with Crippen molar-refractivity contribution in [2.75, 3.05) is 20.2 Å². The van der Waals surface area contributed by atoms with Crippen LogP contribution in [0.25, 0.3) is 10.9 Å². The van der Waals surface area contributed by atoms with E-state index in [1.165, 1.54) is 22.0 Å². The topological polar surface area (TPSA) is 28.3 Å². The number of methoxy groups -OCH3 is 1. The number of rotatable bonds is 3. The van der Waals surface area contributed by atoms with Crippen molar-refractivity contribution in [1.29, 1.82) is 0 Å². The van der Waals surface area contributed by atoms with E-state index in [2.05, 4.69) is 28.9 Å². The zero-order valence-corrected chi connectivity index (χ0v) is 14.0. The first kappa shape index (κ1) is 15.0. The molecule has 0 bridgehead atoms. The lowest BCUT2D eigenvalue weighted by Crippen LogP contribution is -2.47. The fraction of sp³-hybridized carbons (Fsp3) is 0.579. The van der Waals surface area contributed by atoms with Crippen molar-refractivity contribution < 1.29 is 9.13 Å². The fourth-order valence-electron chi connectivity index (χ4n) is 4.48. The van der Waals surface area contributed by atoms with E-state index < -0.39 is 6.17 Å². The fourth-order valence-corrected chi connectivity index (χ4v) is 4.48. The number of aryl methyl sites for hydroxylation is 1. The predicted molar refractivity (Wildman–Crippen MR) is 90.7 cm³/mol. The number of ether oxygens (including phenoxy) is 1. The van der Waals surface area contributed by atoms with Crippen molar-refractivity contribution >= 4 is 10.9 Å². The summed E-state index contributed by atoms with van der Waals surface area (Å²) in [5.41, 5.74) is 4.00. The second kappa shape index (κ2) is 5.52. The van der Waals surface area contributed by atoms with Crippen LogP contribution in [-0.4, -0.2) is 36.3 Å². The quantitative estimate of drug-likeness (QED) is 0.919. The standard InChI is InChI=1S/C19H25FN2O/c1-13-9-17(23-2)16(15-3-6-21-18(13)15)12-22-7-4-19(5-8-22)10-14(20)11-19/h3,6,9,14,21H,4-5,7-8,10-12H2,1-2H3. The summed E-state index contributed by atoms with van der Waals surface area (Å²) in [6.07, 6.45) is 5.31. The molecule has 1 N–H and O–H groups in total. The number of likely N-dealkylation sites (tertiary alicyclic amines) is 1. The summed E-state index contributed by atoms with van der Waals surface area (Å²) in [7, 11) is 1.75. The van der Waals surface area contributed by atoms with Gasteiger partial charge in [0.1, 0.15) is 11.9 Å². The summed E-state index contributed by atoms with van der Waals surface area (Å²) in [5, 5.41) is 1.26. The molecule has 1 aromatic carbocycles. The zero-order chi connectivity index (χ0) is 16.0. The Kier molecular flexibility index (Phi) is 3.60. The number of hydrogen-bond donors (Lipinski definition) is 1. The number of aromatic amines is 1.